The molecule has 1 heterocycles. The van der Waals surface area contributed by atoms with Crippen LogP contribution in [-0.4, -0.2) is 30.1 Å². The second kappa shape index (κ2) is 7.28. The minimum absolute atomic E-state index is 0.106. The van der Waals surface area contributed by atoms with Gasteiger partial charge in [-0.1, -0.05) is 55.3 Å². The van der Waals surface area contributed by atoms with E-state index >= 15 is 0 Å². The zero-order valence-electron chi connectivity index (χ0n) is 15.1. The molecule has 4 rings (SSSR count). The fourth-order valence-corrected chi connectivity index (χ4v) is 4.13. The number of amides is 1. The third kappa shape index (κ3) is 3.34. The molecule has 0 spiro atoms. The summed E-state index contributed by atoms with van der Waals surface area (Å²) in [5.41, 5.74) is 4.40. The average molecular weight is 344 g/mol. The van der Waals surface area contributed by atoms with Crippen molar-refractivity contribution in [3.05, 3.63) is 66.2 Å². The Kier molecular flexibility index (Phi) is 4.70. The molecule has 1 saturated carbocycles. The van der Waals surface area contributed by atoms with Gasteiger partial charge in [0.15, 0.2) is 0 Å². The Morgan fingerprint density at radius 2 is 1.65 bits per heavy atom. The molecule has 26 heavy (non-hydrogen) atoms. The van der Waals surface area contributed by atoms with Crippen LogP contribution in [-0.2, 0) is 4.79 Å². The fourth-order valence-electron chi connectivity index (χ4n) is 4.13. The van der Waals surface area contributed by atoms with E-state index in [1.54, 1.807) is 6.08 Å². The molecule has 2 atom stereocenters. The minimum Gasteiger partial charge on any atom is -0.339 e. The van der Waals surface area contributed by atoms with E-state index in [2.05, 4.69) is 29.3 Å². The van der Waals surface area contributed by atoms with Crippen molar-refractivity contribution in [2.24, 2.45) is 10.9 Å². The highest BCUT2D eigenvalue weighted by molar-refractivity contribution is 5.97. The van der Waals surface area contributed by atoms with E-state index in [1.165, 1.54) is 24.0 Å². The van der Waals surface area contributed by atoms with Crippen molar-refractivity contribution in [1.82, 2.24) is 4.90 Å². The lowest BCUT2D eigenvalue weighted by atomic mass is 9.77. The molecule has 0 unspecified atom stereocenters. The smallest absolute Gasteiger partial charge is 0.246 e. The summed E-state index contributed by atoms with van der Waals surface area (Å²) in [6.45, 7) is 0. The van der Waals surface area contributed by atoms with Gasteiger partial charge >= 0.3 is 0 Å². The first-order valence-corrected chi connectivity index (χ1v) is 9.40. The molecule has 3 heteroatoms. The second-order valence-corrected chi connectivity index (χ2v) is 7.22. The van der Waals surface area contributed by atoms with Gasteiger partial charge in [0.05, 0.1) is 5.69 Å². The number of carbonyl (C=O) groups excluding carboxylic acids is 1. The Balaban J connectivity index is 1.54. The highest BCUT2D eigenvalue weighted by Gasteiger charge is 2.35. The monoisotopic (exact) mass is 344 g/mol. The lowest BCUT2D eigenvalue weighted by molar-refractivity contribution is -0.129. The maximum absolute atomic E-state index is 12.3. The molecule has 0 radical (unpaired) electrons. The van der Waals surface area contributed by atoms with Crippen LogP contribution in [0.25, 0.3) is 11.1 Å². The van der Waals surface area contributed by atoms with E-state index in [1.807, 2.05) is 48.5 Å². The molecular formula is C23H24N2O. The Morgan fingerprint density at radius 3 is 2.42 bits per heavy atom. The summed E-state index contributed by atoms with van der Waals surface area (Å²) in [4.78, 5) is 18.8. The fraction of sp³-hybridized carbons (Fsp3) is 0.304. The van der Waals surface area contributed by atoms with Crippen LogP contribution >= 0.6 is 0 Å². The van der Waals surface area contributed by atoms with Crippen LogP contribution in [0.2, 0.25) is 0 Å². The lowest BCUT2D eigenvalue weighted by Gasteiger charge is -2.41. The van der Waals surface area contributed by atoms with E-state index in [-0.39, 0.29) is 5.91 Å². The predicted octanol–water partition coefficient (Wildman–Crippen LogP) is 5.01. The molecule has 0 bridgehead atoms. The molecule has 1 fully saturated rings. The van der Waals surface area contributed by atoms with Crippen molar-refractivity contribution >= 4 is 17.8 Å². The average Bonchev–Trinajstić information content (AvgIpc) is 2.71. The summed E-state index contributed by atoms with van der Waals surface area (Å²) in [5.74, 6) is 0.535. The highest BCUT2D eigenvalue weighted by Crippen LogP contribution is 2.35. The quantitative estimate of drug-likeness (QED) is 0.720. The first-order valence-electron chi connectivity index (χ1n) is 9.40. The molecule has 2 aliphatic rings. The molecule has 2 aromatic rings. The molecule has 1 aliphatic carbocycles. The van der Waals surface area contributed by atoms with Crippen molar-refractivity contribution in [1.29, 1.82) is 0 Å². The maximum atomic E-state index is 12.3. The number of likely N-dealkylation sites (N-methyl/N-ethyl adjacent to an activating group) is 1. The van der Waals surface area contributed by atoms with Gasteiger partial charge in [-0.05, 0) is 41.7 Å². The van der Waals surface area contributed by atoms with Gasteiger partial charge in [-0.3, -0.25) is 9.79 Å². The van der Waals surface area contributed by atoms with Gasteiger partial charge < -0.3 is 4.90 Å². The standard InChI is InChI=1S/C23H24N2O/c1-25-22-10-6-5-9-21(22)19(15-23(25)26)16-24-20-13-11-18(12-14-20)17-7-3-2-4-8-17/h2-4,7-8,11-16,21-22H,5-6,9-10H2,1H3/t21-,22-/m1/s1. The number of carbonyl (C=O) groups is 1. The number of rotatable bonds is 3. The third-order valence-corrected chi connectivity index (χ3v) is 5.63. The molecule has 0 saturated heterocycles. The van der Waals surface area contributed by atoms with E-state index < -0.39 is 0 Å². The summed E-state index contributed by atoms with van der Waals surface area (Å²) in [6.07, 6.45) is 8.38. The van der Waals surface area contributed by atoms with Gasteiger partial charge in [-0.15, -0.1) is 0 Å². The first kappa shape index (κ1) is 16.8. The number of nitrogens with zero attached hydrogens (tertiary/aromatic N) is 2. The molecule has 2 aromatic carbocycles. The topological polar surface area (TPSA) is 32.7 Å². The summed E-state index contributed by atoms with van der Waals surface area (Å²) in [6, 6.07) is 18.9. The maximum Gasteiger partial charge on any atom is 0.246 e. The number of fused-ring (bicyclic) bond motifs is 1. The van der Waals surface area contributed by atoms with Crippen LogP contribution in [0, 0.1) is 5.92 Å². The largest absolute Gasteiger partial charge is 0.339 e. The Morgan fingerprint density at radius 1 is 0.962 bits per heavy atom. The van der Waals surface area contributed by atoms with Gasteiger partial charge in [0.2, 0.25) is 5.91 Å². The van der Waals surface area contributed by atoms with Crippen molar-refractivity contribution in [2.75, 3.05) is 7.05 Å². The molecule has 132 valence electrons. The highest BCUT2D eigenvalue weighted by atomic mass is 16.2. The van der Waals surface area contributed by atoms with E-state index in [4.69, 9.17) is 0 Å². The number of hydrogen-bond donors (Lipinski definition) is 0. The molecule has 3 nitrogen and oxygen atoms in total. The van der Waals surface area contributed by atoms with E-state index in [9.17, 15) is 4.79 Å². The lowest BCUT2D eigenvalue weighted by Crippen LogP contribution is -2.47. The van der Waals surface area contributed by atoms with Gasteiger partial charge in [0, 0.05) is 31.3 Å². The second-order valence-electron chi connectivity index (χ2n) is 7.22. The zero-order valence-corrected chi connectivity index (χ0v) is 15.1. The number of benzene rings is 2. The first-order chi connectivity index (χ1) is 12.7. The van der Waals surface area contributed by atoms with Crippen molar-refractivity contribution in [2.45, 2.75) is 31.7 Å². The van der Waals surface area contributed by atoms with Crippen LogP contribution in [0.1, 0.15) is 25.7 Å². The van der Waals surface area contributed by atoms with E-state index in [0.717, 1.165) is 24.1 Å². The minimum atomic E-state index is 0.106. The SMILES string of the molecule is CN1C(=O)C=C(C=Nc2ccc(-c3ccccc3)cc2)[C@H]2CCCC[C@H]21. The molecule has 1 aliphatic heterocycles. The Labute approximate surface area is 155 Å². The van der Waals surface area contributed by atoms with Crippen molar-refractivity contribution in [3.8, 4) is 11.1 Å². The van der Waals surface area contributed by atoms with Gasteiger partial charge in [-0.25, -0.2) is 0 Å². The van der Waals surface area contributed by atoms with Gasteiger partial charge in [0.25, 0.3) is 0 Å². The van der Waals surface area contributed by atoms with E-state index in [0.29, 0.717) is 12.0 Å². The van der Waals surface area contributed by atoms with Crippen LogP contribution in [0.5, 0.6) is 0 Å². The van der Waals surface area contributed by atoms with Crippen LogP contribution in [0.3, 0.4) is 0 Å². The Hall–Kier alpha value is -2.68. The third-order valence-electron chi connectivity index (χ3n) is 5.63. The number of aliphatic imine (C=N–C) groups is 1. The van der Waals surface area contributed by atoms with Crippen LogP contribution < -0.4 is 0 Å². The van der Waals surface area contributed by atoms with Crippen molar-refractivity contribution in [3.63, 3.8) is 0 Å². The Bertz CT molecular complexity index is 836. The predicted molar refractivity (Wildman–Crippen MR) is 107 cm³/mol. The molecule has 1 amide bonds. The summed E-state index contributed by atoms with van der Waals surface area (Å²) < 4.78 is 0. The van der Waals surface area contributed by atoms with Gasteiger partial charge in [0.1, 0.15) is 0 Å². The zero-order chi connectivity index (χ0) is 17.9. The summed E-state index contributed by atoms with van der Waals surface area (Å²) >= 11 is 0. The molecule has 0 aromatic heterocycles. The molecule has 0 N–H and O–H groups in total. The van der Waals surface area contributed by atoms with Gasteiger partial charge in [-0.2, -0.15) is 0 Å². The van der Waals surface area contributed by atoms with Crippen LogP contribution in [0.15, 0.2) is 71.2 Å². The molecular weight excluding hydrogens is 320 g/mol. The summed E-state index contributed by atoms with van der Waals surface area (Å²) in [7, 11) is 1.93. The van der Waals surface area contributed by atoms with Crippen LogP contribution in [0.4, 0.5) is 5.69 Å². The number of hydrogen-bond acceptors (Lipinski definition) is 2. The summed E-state index contributed by atoms with van der Waals surface area (Å²) in [5, 5.41) is 0. The normalized spacial score (nSPS) is 23.0. The van der Waals surface area contributed by atoms with Crippen molar-refractivity contribution < 1.29 is 4.79 Å².